The zero-order valence-corrected chi connectivity index (χ0v) is 7.14. The van der Waals surface area contributed by atoms with Crippen molar-refractivity contribution in [1.29, 1.82) is 0 Å². The maximum Gasteiger partial charge on any atom is -0.0172 e. The predicted octanol–water partition coefficient (Wildman–Crippen LogP) is 3.55. The van der Waals surface area contributed by atoms with Crippen molar-refractivity contribution in [3.63, 3.8) is 0 Å². The van der Waals surface area contributed by atoms with Gasteiger partial charge in [0.25, 0.3) is 0 Å². The van der Waals surface area contributed by atoms with Crippen LogP contribution in [0, 0.1) is 5.92 Å². The Kier molecular flexibility index (Phi) is 6.25. The van der Waals surface area contributed by atoms with Crippen molar-refractivity contribution in [3.8, 4) is 0 Å². The van der Waals surface area contributed by atoms with Gasteiger partial charge in [-0.1, -0.05) is 38.5 Å². The number of hydrogen-bond donors (Lipinski definition) is 0. The molecule has 0 nitrogen and oxygen atoms in total. The molecule has 0 aromatic rings. The third-order valence-corrected chi connectivity index (χ3v) is 1.51. The lowest BCUT2D eigenvalue weighted by molar-refractivity contribution is 0.633. The molecule has 0 heteroatoms. The van der Waals surface area contributed by atoms with Crippen molar-refractivity contribution >= 4 is 0 Å². The summed E-state index contributed by atoms with van der Waals surface area (Å²) in [5.74, 6) is 0.741. The molecule has 0 fully saturated rings. The Morgan fingerprint density at radius 3 is 2.70 bits per heavy atom. The van der Waals surface area contributed by atoms with Gasteiger partial charge in [0, 0.05) is 0 Å². The van der Waals surface area contributed by atoms with Crippen molar-refractivity contribution in [3.05, 3.63) is 24.8 Å². The lowest BCUT2D eigenvalue weighted by Crippen LogP contribution is -1.86. The van der Waals surface area contributed by atoms with Crippen LogP contribution in [-0.2, 0) is 0 Å². The molecule has 0 aromatic carbocycles. The summed E-state index contributed by atoms with van der Waals surface area (Å²) in [5.41, 5.74) is 0. The zero-order chi connectivity index (χ0) is 7.82. The van der Waals surface area contributed by atoms with Gasteiger partial charge in [0.15, 0.2) is 0 Å². The fourth-order valence-corrected chi connectivity index (χ4v) is 0.959. The molecular weight excluding hydrogens is 120 g/mol. The monoisotopic (exact) mass is 138 g/mol. The van der Waals surface area contributed by atoms with E-state index in [0.717, 1.165) is 12.3 Å². The molecule has 0 spiro atoms. The third-order valence-electron chi connectivity index (χ3n) is 1.51. The molecule has 0 saturated carbocycles. The van der Waals surface area contributed by atoms with Crippen molar-refractivity contribution in [2.24, 2.45) is 5.92 Å². The van der Waals surface area contributed by atoms with E-state index in [-0.39, 0.29) is 0 Å². The minimum absolute atomic E-state index is 0.741. The van der Waals surface area contributed by atoms with Gasteiger partial charge in [-0.25, -0.2) is 0 Å². The average molecular weight is 138 g/mol. The van der Waals surface area contributed by atoms with E-state index >= 15 is 0 Å². The van der Waals surface area contributed by atoms with Crippen LogP contribution < -0.4 is 0 Å². The molecule has 0 aromatic heterocycles. The molecule has 0 radical (unpaired) electrons. The fraction of sp³-hybridized carbons (Fsp3) is 0.600. The van der Waals surface area contributed by atoms with Gasteiger partial charge in [-0.2, -0.15) is 0 Å². The Morgan fingerprint density at radius 2 is 2.20 bits per heavy atom. The molecule has 1 atom stereocenters. The smallest absolute Gasteiger partial charge is 0.0172 e. The number of rotatable bonds is 5. The van der Waals surface area contributed by atoms with Gasteiger partial charge in [-0.15, -0.1) is 6.58 Å². The summed E-state index contributed by atoms with van der Waals surface area (Å²) in [6, 6.07) is 0. The molecule has 0 aliphatic carbocycles. The highest BCUT2D eigenvalue weighted by molar-refractivity contribution is 4.90. The lowest BCUT2D eigenvalue weighted by Gasteiger charge is -2.00. The standard InChI is InChI=1S/C10H18/c1-4-6-7-9-10(3)8-5-2/h4,7,9-10H,1,5-6,8H2,2-3H3/b9-7-. The first kappa shape index (κ1) is 9.48. The van der Waals surface area contributed by atoms with E-state index < -0.39 is 0 Å². The molecule has 1 unspecified atom stereocenters. The quantitative estimate of drug-likeness (QED) is 0.510. The molecule has 58 valence electrons. The van der Waals surface area contributed by atoms with Crippen molar-refractivity contribution in [2.45, 2.75) is 33.1 Å². The van der Waals surface area contributed by atoms with Crippen molar-refractivity contribution in [1.82, 2.24) is 0 Å². The Morgan fingerprint density at radius 1 is 1.50 bits per heavy atom. The molecule has 10 heavy (non-hydrogen) atoms. The predicted molar refractivity (Wildman–Crippen MR) is 48.0 cm³/mol. The average Bonchev–Trinajstić information content (AvgIpc) is 1.89. The second kappa shape index (κ2) is 6.60. The molecule has 0 saturated heterocycles. The van der Waals surface area contributed by atoms with E-state index in [1.165, 1.54) is 12.8 Å². The number of hydrogen-bond acceptors (Lipinski definition) is 0. The first-order valence-corrected chi connectivity index (χ1v) is 4.08. The van der Waals surface area contributed by atoms with E-state index in [1.54, 1.807) is 0 Å². The Bertz CT molecular complexity index is 101. The topological polar surface area (TPSA) is 0 Å². The summed E-state index contributed by atoms with van der Waals surface area (Å²) in [5, 5.41) is 0. The summed E-state index contributed by atoms with van der Waals surface area (Å²) >= 11 is 0. The highest BCUT2D eigenvalue weighted by atomic mass is 14.0. The van der Waals surface area contributed by atoms with Gasteiger partial charge in [0.2, 0.25) is 0 Å². The van der Waals surface area contributed by atoms with Crippen LogP contribution >= 0.6 is 0 Å². The van der Waals surface area contributed by atoms with E-state index in [9.17, 15) is 0 Å². The highest BCUT2D eigenvalue weighted by Gasteiger charge is 1.91. The minimum atomic E-state index is 0.741. The van der Waals surface area contributed by atoms with Gasteiger partial charge < -0.3 is 0 Å². The molecule has 0 rings (SSSR count). The molecule has 0 amide bonds. The largest absolute Gasteiger partial charge is 0.103 e. The van der Waals surface area contributed by atoms with Crippen LogP contribution in [0.5, 0.6) is 0 Å². The Labute approximate surface area is 64.6 Å². The molecule has 0 aliphatic heterocycles. The molecule has 0 N–H and O–H groups in total. The van der Waals surface area contributed by atoms with E-state index in [0.29, 0.717) is 0 Å². The summed E-state index contributed by atoms with van der Waals surface area (Å²) in [6.45, 7) is 8.13. The summed E-state index contributed by atoms with van der Waals surface area (Å²) in [7, 11) is 0. The second-order valence-electron chi connectivity index (χ2n) is 2.72. The summed E-state index contributed by atoms with van der Waals surface area (Å²) in [4.78, 5) is 0. The second-order valence-corrected chi connectivity index (χ2v) is 2.72. The molecule has 0 aliphatic rings. The number of allylic oxidation sites excluding steroid dienone is 3. The van der Waals surface area contributed by atoms with Crippen LogP contribution in [0.15, 0.2) is 24.8 Å². The van der Waals surface area contributed by atoms with Gasteiger partial charge in [0.1, 0.15) is 0 Å². The van der Waals surface area contributed by atoms with Crippen LogP contribution in [0.1, 0.15) is 33.1 Å². The first-order valence-electron chi connectivity index (χ1n) is 4.08. The highest BCUT2D eigenvalue weighted by Crippen LogP contribution is 2.06. The summed E-state index contributed by atoms with van der Waals surface area (Å²) < 4.78 is 0. The SMILES string of the molecule is C=CC/C=C\C(C)CCC. The normalized spacial score (nSPS) is 13.8. The Balaban J connectivity index is 3.34. The van der Waals surface area contributed by atoms with Gasteiger partial charge >= 0.3 is 0 Å². The van der Waals surface area contributed by atoms with Crippen LogP contribution in [0.25, 0.3) is 0 Å². The van der Waals surface area contributed by atoms with Crippen LogP contribution in [0.3, 0.4) is 0 Å². The van der Waals surface area contributed by atoms with Gasteiger partial charge in [-0.3, -0.25) is 0 Å². The lowest BCUT2D eigenvalue weighted by atomic mass is 10.1. The van der Waals surface area contributed by atoms with Gasteiger partial charge in [-0.05, 0) is 18.8 Å². The summed E-state index contributed by atoms with van der Waals surface area (Å²) in [6.07, 6.45) is 9.97. The van der Waals surface area contributed by atoms with Crippen LogP contribution in [0.2, 0.25) is 0 Å². The van der Waals surface area contributed by atoms with Gasteiger partial charge in [0.05, 0.1) is 0 Å². The molecular formula is C10H18. The Hall–Kier alpha value is -0.520. The third kappa shape index (κ3) is 5.61. The van der Waals surface area contributed by atoms with E-state index in [1.807, 2.05) is 6.08 Å². The molecule has 0 bridgehead atoms. The maximum atomic E-state index is 3.65. The van der Waals surface area contributed by atoms with Crippen LogP contribution in [0.4, 0.5) is 0 Å². The molecule has 0 heterocycles. The van der Waals surface area contributed by atoms with Crippen LogP contribution in [-0.4, -0.2) is 0 Å². The van der Waals surface area contributed by atoms with E-state index in [4.69, 9.17) is 0 Å². The minimum Gasteiger partial charge on any atom is -0.103 e. The fourth-order valence-electron chi connectivity index (χ4n) is 0.959. The zero-order valence-electron chi connectivity index (χ0n) is 7.14. The van der Waals surface area contributed by atoms with Crippen molar-refractivity contribution in [2.75, 3.05) is 0 Å². The van der Waals surface area contributed by atoms with E-state index in [2.05, 4.69) is 32.6 Å². The maximum absolute atomic E-state index is 3.65. The first-order chi connectivity index (χ1) is 4.81. The van der Waals surface area contributed by atoms with Crippen molar-refractivity contribution < 1.29 is 0 Å².